The molecule has 0 aliphatic heterocycles. The molecule has 5 heteroatoms. The number of rotatable bonds is 3. The Hall–Kier alpha value is -1.65. The van der Waals surface area contributed by atoms with Crippen molar-refractivity contribution in [2.45, 2.75) is 4.90 Å². The number of carbonyl (C=O) groups excluding carboxylic acids is 1. The number of hydrogen-bond donors (Lipinski definition) is 1. The van der Waals surface area contributed by atoms with Gasteiger partial charge >= 0.3 is 0 Å². The molecule has 1 N–H and O–H groups in total. The summed E-state index contributed by atoms with van der Waals surface area (Å²) < 4.78 is 1.20. The Morgan fingerprint density at radius 2 is 1.87 bits per heavy atom. The van der Waals surface area contributed by atoms with Gasteiger partial charge in [-0.25, -0.2) is 0 Å². The Kier molecular flexibility index (Phi) is 6.81. The SMILES string of the molecule is CN(C)C(=O)Sc1ccccc1NCC#Cc1ccc(I)cc1. The molecule has 0 aliphatic rings. The largest absolute Gasteiger partial charge is 0.373 e. The van der Waals surface area contributed by atoms with Crippen molar-refractivity contribution >= 4 is 45.3 Å². The molecule has 0 bridgehead atoms. The van der Waals surface area contributed by atoms with Crippen LogP contribution in [0.4, 0.5) is 10.5 Å². The molecule has 0 radical (unpaired) electrons. The fourth-order valence-electron chi connectivity index (χ4n) is 1.71. The monoisotopic (exact) mass is 436 g/mol. The molecule has 0 unspecified atom stereocenters. The molecule has 2 aromatic rings. The topological polar surface area (TPSA) is 32.3 Å². The van der Waals surface area contributed by atoms with E-state index in [-0.39, 0.29) is 5.24 Å². The third-order valence-corrected chi connectivity index (χ3v) is 4.73. The van der Waals surface area contributed by atoms with Gasteiger partial charge in [0.25, 0.3) is 5.24 Å². The number of para-hydroxylation sites is 1. The number of amides is 1. The average molecular weight is 436 g/mol. The zero-order chi connectivity index (χ0) is 16.7. The average Bonchev–Trinajstić information content (AvgIpc) is 2.54. The normalized spacial score (nSPS) is 9.70. The quantitative estimate of drug-likeness (QED) is 0.436. The van der Waals surface area contributed by atoms with Gasteiger partial charge < -0.3 is 10.2 Å². The zero-order valence-electron chi connectivity index (χ0n) is 13.0. The highest BCUT2D eigenvalue weighted by Crippen LogP contribution is 2.28. The number of carbonyl (C=O) groups is 1. The summed E-state index contributed by atoms with van der Waals surface area (Å²) in [7, 11) is 3.50. The molecule has 2 aromatic carbocycles. The highest BCUT2D eigenvalue weighted by molar-refractivity contribution is 14.1. The van der Waals surface area contributed by atoms with Gasteiger partial charge in [0.2, 0.25) is 0 Å². The second kappa shape index (κ2) is 8.85. The smallest absolute Gasteiger partial charge is 0.286 e. The molecule has 0 fully saturated rings. The van der Waals surface area contributed by atoms with Gasteiger partial charge in [-0.05, 0) is 70.8 Å². The van der Waals surface area contributed by atoms with Gasteiger partial charge in [0, 0.05) is 33.8 Å². The number of halogens is 1. The lowest BCUT2D eigenvalue weighted by Crippen LogP contribution is -2.16. The van der Waals surface area contributed by atoms with Crippen LogP contribution in [0.1, 0.15) is 5.56 Å². The summed E-state index contributed by atoms with van der Waals surface area (Å²) in [6, 6.07) is 15.8. The van der Waals surface area contributed by atoms with Crippen molar-refractivity contribution in [3.05, 3.63) is 57.7 Å². The standard InChI is InChI=1S/C18H17IN2OS/c1-21(2)18(22)23-17-8-4-3-7-16(17)20-13-5-6-14-9-11-15(19)12-10-14/h3-4,7-12,20H,13H2,1-2H3. The van der Waals surface area contributed by atoms with E-state index in [1.807, 2.05) is 48.5 Å². The first kappa shape index (κ1) is 17.7. The number of nitrogens with zero attached hydrogens (tertiary/aromatic N) is 1. The predicted molar refractivity (Wildman–Crippen MR) is 106 cm³/mol. The van der Waals surface area contributed by atoms with Crippen LogP contribution in [0.2, 0.25) is 0 Å². The summed E-state index contributed by atoms with van der Waals surface area (Å²) in [6.45, 7) is 0.527. The van der Waals surface area contributed by atoms with Crippen LogP contribution < -0.4 is 5.32 Å². The van der Waals surface area contributed by atoms with Crippen molar-refractivity contribution in [1.29, 1.82) is 0 Å². The third-order valence-electron chi connectivity index (χ3n) is 2.89. The van der Waals surface area contributed by atoms with Crippen molar-refractivity contribution in [3.8, 4) is 11.8 Å². The van der Waals surface area contributed by atoms with Crippen molar-refractivity contribution < 1.29 is 4.79 Å². The van der Waals surface area contributed by atoms with Crippen LogP contribution in [-0.4, -0.2) is 30.8 Å². The molecule has 0 atom stereocenters. The lowest BCUT2D eigenvalue weighted by molar-refractivity contribution is 0.241. The van der Waals surface area contributed by atoms with E-state index in [2.05, 4.69) is 39.7 Å². The molecule has 0 heterocycles. The molecule has 0 aromatic heterocycles. The van der Waals surface area contributed by atoms with Crippen molar-refractivity contribution in [1.82, 2.24) is 4.90 Å². The summed E-state index contributed by atoms with van der Waals surface area (Å²) in [5.74, 6) is 6.23. The van der Waals surface area contributed by atoms with E-state index in [4.69, 9.17) is 0 Å². The van der Waals surface area contributed by atoms with E-state index < -0.39 is 0 Å². The van der Waals surface area contributed by atoms with Gasteiger partial charge in [-0.2, -0.15) is 0 Å². The fourth-order valence-corrected chi connectivity index (χ4v) is 2.83. The van der Waals surface area contributed by atoms with Crippen LogP contribution in [0.5, 0.6) is 0 Å². The molecular formula is C18H17IN2OS. The van der Waals surface area contributed by atoms with E-state index >= 15 is 0 Å². The van der Waals surface area contributed by atoms with Crippen LogP contribution in [-0.2, 0) is 0 Å². The van der Waals surface area contributed by atoms with Crippen LogP contribution in [0, 0.1) is 15.4 Å². The van der Waals surface area contributed by atoms with Gasteiger partial charge in [-0.1, -0.05) is 24.0 Å². The summed E-state index contributed by atoms with van der Waals surface area (Å²) in [4.78, 5) is 14.3. The highest BCUT2D eigenvalue weighted by atomic mass is 127. The molecule has 1 amide bonds. The van der Waals surface area contributed by atoms with Crippen LogP contribution in [0.3, 0.4) is 0 Å². The maximum absolute atomic E-state index is 11.8. The lowest BCUT2D eigenvalue weighted by atomic mass is 10.2. The van der Waals surface area contributed by atoms with Gasteiger partial charge in [0.05, 0.1) is 6.54 Å². The van der Waals surface area contributed by atoms with Crippen LogP contribution in [0.25, 0.3) is 0 Å². The van der Waals surface area contributed by atoms with Crippen LogP contribution in [0.15, 0.2) is 53.4 Å². The summed E-state index contributed by atoms with van der Waals surface area (Å²) >= 11 is 3.48. The predicted octanol–water partition coefficient (Wildman–Crippen LogP) is 4.53. The van der Waals surface area contributed by atoms with Gasteiger partial charge in [-0.3, -0.25) is 4.79 Å². The molecule has 0 aliphatic carbocycles. The first-order chi connectivity index (χ1) is 11.1. The molecule has 118 valence electrons. The molecule has 3 nitrogen and oxygen atoms in total. The first-order valence-corrected chi connectivity index (χ1v) is 8.92. The van der Waals surface area contributed by atoms with E-state index in [0.29, 0.717) is 6.54 Å². The minimum absolute atomic E-state index is 0.00391. The Bertz CT molecular complexity index is 733. The van der Waals surface area contributed by atoms with Crippen molar-refractivity contribution in [2.75, 3.05) is 26.0 Å². The minimum atomic E-state index is 0.00391. The second-order valence-corrected chi connectivity index (χ2v) is 7.16. The molecule has 0 saturated carbocycles. The summed E-state index contributed by atoms with van der Waals surface area (Å²) in [5.41, 5.74) is 1.92. The number of benzene rings is 2. The lowest BCUT2D eigenvalue weighted by Gasteiger charge is -2.12. The number of nitrogens with one attached hydrogen (secondary N) is 1. The minimum Gasteiger partial charge on any atom is -0.373 e. The number of anilines is 1. The van der Waals surface area contributed by atoms with E-state index in [1.54, 1.807) is 19.0 Å². The van der Waals surface area contributed by atoms with E-state index in [0.717, 1.165) is 16.1 Å². The molecule has 23 heavy (non-hydrogen) atoms. The van der Waals surface area contributed by atoms with E-state index in [1.165, 1.54) is 15.3 Å². The molecule has 0 spiro atoms. The second-order valence-electron chi connectivity index (χ2n) is 4.92. The van der Waals surface area contributed by atoms with Gasteiger partial charge in [-0.15, -0.1) is 0 Å². The van der Waals surface area contributed by atoms with Crippen molar-refractivity contribution in [3.63, 3.8) is 0 Å². The third kappa shape index (κ3) is 5.81. The summed E-state index contributed by atoms with van der Waals surface area (Å²) in [5, 5.41) is 3.28. The van der Waals surface area contributed by atoms with Crippen LogP contribution >= 0.6 is 34.4 Å². The van der Waals surface area contributed by atoms with Crippen molar-refractivity contribution in [2.24, 2.45) is 0 Å². The zero-order valence-corrected chi connectivity index (χ0v) is 15.9. The summed E-state index contributed by atoms with van der Waals surface area (Å²) in [6.07, 6.45) is 0. The Balaban J connectivity index is 1.98. The van der Waals surface area contributed by atoms with E-state index in [9.17, 15) is 4.79 Å². The fraction of sp³-hybridized carbons (Fsp3) is 0.167. The molecular weight excluding hydrogens is 419 g/mol. The molecule has 0 saturated heterocycles. The Morgan fingerprint density at radius 1 is 1.17 bits per heavy atom. The Labute approximate surface area is 155 Å². The van der Waals surface area contributed by atoms with Gasteiger partial charge in [0.15, 0.2) is 0 Å². The highest BCUT2D eigenvalue weighted by Gasteiger charge is 2.09. The number of hydrogen-bond acceptors (Lipinski definition) is 3. The Morgan fingerprint density at radius 3 is 2.57 bits per heavy atom. The first-order valence-electron chi connectivity index (χ1n) is 7.03. The van der Waals surface area contributed by atoms with Gasteiger partial charge in [0.1, 0.15) is 0 Å². The molecule has 2 rings (SSSR count). The maximum atomic E-state index is 11.8. The maximum Gasteiger partial charge on any atom is 0.286 e. The number of thioether (sulfide) groups is 1.